The zero-order valence-electron chi connectivity index (χ0n) is 15.7. The van der Waals surface area contributed by atoms with Gasteiger partial charge in [-0.2, -0.15) is 0 Å². The van der Waals surface area contributed by atoms with E-state index >= 15 is 0 Å². The van der Waals surface area contributed by atoms with Gasteiger partial charge in [0.1, 0.15) is 0 Å². The van der Waals surface area contributed by atoms with E-state index in [4.69, 9.17) is 0 Å². The van der Waals surface area contributed by atoms with Crippen molar-refractivity contribution >= 4 is 33.4 Å². The van der Waals surface area contributed by atoms with E-state index in [1.54, 1.807) is 20.8 Å². The highest BCUT2D eigenvalue weighted by atomic mass is 32.2. The molecule has 3 rings (SSSR count). The molecule has 0 spiro atoms. The van der Waals surface area contributed by atoms with Crippen molar-refractivity contribution in [3.63, 3.8) is 0 Å². The number of amides is 1. The van der Waals surface area contributed by atoms with Crippen LogP contribution < -0.4 is 10.0 Å². The average Bonchev–Trinajstić information content (AvgIpc) is 3.01. The fourth-order valence-corrected chi connectivity index (χ4v) is 5.46. The average molecular weight is 397 g/mol. The number of carbonyl (C=O) groups excluding carboxylic acids is 1. The van der Waals surface area contributed by atoms with Gasteiger partial charge in [-0.25, -0.2) is 13.1 Å². The van der Waals surface area contributed by atoms with Crippen LogP contribution in [-0.2, 0) is 21.2 Å². The Bertz CT molecular complexity index is 776. The molecule has 144 valence electrons. The van der Waals surface area contributed by atoms with Gasteiger partial charge in [0.15, 0.2) is 0 Å². The Balaban J connectivity index is 1.52. The molecule has 0 radical (unpaired) electrons. The summed E-state index contributed by atoms with van der Waals surface area (Å²) in [6.45, 7) is 5.09. The number of benzene rings is 1. The predicted octanol–water partition coefficient (Wildman–Crippen LogP) is 3.55. The molecule has 0 bridgehead atoms. The van der Waals surface area contributed by atoms with Gasteiger partial charge in [-0.3, -0.25) is 4.79 Å². The molecule has 5 nitrogen and oxygen atoms in total. The minimum Gasteiger partial charge on any atom is -0.326 e. The lowest BCUT2D eigenvalue weighted by Gasteiger charge is -2.30. The van der Waals surface area contributed by atoms with Crippen molar-refractivity contribution in [3.05, 3.63) is 23.8 Å². The smallest absolute Gasteiger partial charge is 0.227 e. The third kappa shape index (κ3) is 4.43. The first-order chi connectivity index (χ1) is 12.2. The van der Waals surface area contributed by atoms with Crippen molar-refractivity contribution in [2.75, 3.05) is 11.1 Å². The molecule has 1 aromatic rings. The first-order valence-corrected chi connectivity index (χ1v) is 11.7. The van der Waals surface area contributed by atoms with E-state index in [2.05, 4.69) is 22.2 Å². The molecule has 26 heavy (non-hydrogen) atoms. The molecule has 0 atom stereocenters. The Hall–Kier alpha value is -1.05. The van der Waals surface area contributed by atoms with E-state index in [9.17, 15) is 13.2 Å². The largest absolute Gasteiger partial charge is 0.326 e. The van der Waals surface area contributed by atoms with E-state index < -0.39 is 14.8 Å². The summed E-state index contributed by atoms with van der Waals surface area (Å²) < 4.78 is 26.6. The normalized spacial score (nSPS) is 23.5. The summed E-state index contributed by atoms with van der Waals surface area (Å²) in [7, 11) is -3.34. The van der Waals surface area contributed by atoms with Crippen LogP contribution in [0.15, 0.2) is 23.1 Å². The summed E-state index contributed by atoms with van der Waals surface area (Å²) >= 11 is 1.86. The van der Waals surface area contributed by atoms with Gasteiger partial charge in [-0.15, -0.1) is 11.8 Å². The molecule has 0 saturated heterocycles. The molecule has 1 saturated carbocycles. The first-order valence-electron chi connectivity index (χ1n) is 9.24. The number of hydrogen-bond donors (Lipinski definition) is 2. The molecule has 1 aromatic carbocycles. The van der Waals surface area contributed by atoms with E-state index in [1.807, 2.05) is 17.8 Å². The van der Waals surface area contributed by atoms with Crippen LogP contribution in [0.25, 0.3) is 0 Å². The summed E-state index contributed by atoms with van der Waals surface area (Å²) in [4.78, 5) is 13.9. The van der Waals surface area contributed by atoms with Gasteiger partial charge in [0.05, 0.1) is 4.75 Å². The maximum absolute atomic E-state index is 12.6. The molecule has 7 heteroatoms. The van der Waals surface area contributed by atoms with Gasteiger partial charge in [-0.1, -0.05) is 0 Å². The Labute approximate surface area is 160 Å². The molecule has 2 aliphatic rings. The third-order valence-electron chi connectivity index (χ3n) is 5.18. The SMILES string of the molecule is CC(C)(C)S(=O)(=O)NC1CCC(C(=O)Nc2ccc3c(c2)CCS3)CC1. The zero-order valence-corrected chi connectivity index (χ0v) is 17.3. The van der Waals surface area contributed by atoms with Crippen LogP contribution in [0.5, 0.6) is 0 Å². The molecule has 0 unspecified atom stereocenters. The Morgan fingerprint density at radius 2 is 1.85 bits per heavy atom. The second-order valence-electron chi connectivity index (χ2n) is 8.19. The van der Waals surface area contributed by atoms with Crippen molar-refractivity contribution in [1.82, 2.24) is 4.72 Å². The van der Waals surface area contributed by atoms with Gasteiger partial charge in [-0.05, 0) is 76.6 Å². The lowest BCUT2D eigenvalue weighted by molar-refractivity contribution is -0.120. The third-order valence-corrected chi connectivity index (χ3v) is 8.56. The lowest BCUT2D eigenvalue weighted by atomic mass is 9.86. The molecular formula is C19H28N2O3S2. The van der Waals surface area contributed by atoms with Crippen molar-refractivity contribution in [3.8, 4) is 0 Å². The van der Waals surface area contributed by atoms with Crippen molar-refractivity contribution in [1.29, 1.82) is 0 Å². The minimum absolute atomic E-state index is 0.0481. The highest BCUT2D eigenvalue weighted by molar-refractivity contribution is 7.99. The van der Waals surface area contributed by atoms with Gasteiger partial charge < -0.3 is 5.32 Å². The number of rotatable bonds is 4. The van der Waals surface area contributed by atoms with Gasteiger partial charge in [0.2, 0.25) is 15.9 Å². The highest BCUT2D eigenvalue weighted by Crippen LogP contribution is 2.33. The molecule has 0 aromatic heterocycles. The second-order valence-corrected chi connectivity index (χ2v) is 11.8. The number of thioether (sulfide) groups is 1. The number of carbonyl (C=O) groups is 1. The van der Waals surface area contributed by atoms with Crippen molar-refractivity contribution in [2.45, 2.75) is 68.6 Å². The first kappa shape index (κ1) is 19.7. The summed E-state index contributed by atoms with van der Waals surface area (Å²) in [6.07, 6.45) is 3.89. The predicted molar refractivity (Wildman–Crippen MR) is 107 cm³/mol. The highest BCUT2D eigenvalue weighted by Gasteiger charge is 2.34. The van der Waals surface area contributed by atoms with Crippen LogP contribution in [0.3, 0.4) is 0 Å². The number of hydrogen-bond acceptors (Lipinski definition) is 4. The summed E-state index contributed by atoms with van der Waals surface area (Å²) in [5.74, 6) is 1.11. The van der Waals surface area contributed by atoms with Crippen molar-refractivity contribution in [2.24, 2.45) is 5.92 Å². The van der Waals surface area contributed by atoms with Crippen LogP contribution >= 0.6 is 11.8 Å². The van der Waals surface area contributed by atoms with E-state index in [0.29, 0.717) is 25.7 Å². The van der Waals surface area contributed by atoms with E-state index in [1.165, 1.54) is 10.5 Å². The maximum atomic E-state index is 12.6. The number of anilines is 1. The molecule has 1 fully saturated rings. The maximum Gasteiger partial charge on any atom is 0.227 e. The fraction of sp³-hybridized carbons (Fsp3) is 0.632. The molecule has 2 N–H and O–H groups in total. The molecule has 1 heterocycles. The Morgan fingerprint density at radius 1 is 1.15 bits per heavy atom. The quantitative estimate of drug-likeness (QED) is 0.816. The van der Waals surface area contributed by atoms with Gasteiger partial charge in [0, 0.05) is 28.3 Å². The van der Waals surface area contributed by atoms with Crippen LogP contribution in [0, 0.1) is 5.92 Å². The standard InChI is InChI=1S/C19H28N2O3S2/c1-19(2,3)26(23,24)21-15-6-4-13(5-7-15)18(22)20-16-8-9-17-14(12-16)10-11-25-17/h8-9,12-13,15,21H,4-7,10-11H2,1-3H3,(H,20,22). The second kappa shape index (κ2) is 7.52. The van der Waals surface area contributed by atoms with Gasteiger partial charge >= 0.3 is 0 Å². The molecular weight excluding hydrogens is 368 g/mol. The number of aryl methyl sites for hydroxylation is 1. The fourth-order valence-electron chi connectivity index (χ4n) is 3.38. The van der Waals surface area contributed by atoms with Crippen LogP contribution in [0.4, 0.5) is 5.69 Å². The van der Waals surface area contributed by atoms with E-state index in [-0.39, 0.29) is 17.9 Å². The molecule has 1 aliphatic carbocycles. The Morgan fingerprint density at radius 3 is 2.50 bits per heavy atom. The van der Waals surface area contributed by atoms with Crippen LogP contribution in [0.1, 0.15) is 52.0 Å². The molecule has 1 aliphatic heterocycles. The van der Waals surface area contributed by atoms with E-state index in [0.717, 1.165) is 17.9 Å². The summed E-state index contributed by atoms with van der Waals surface area (Å²) in [5, 5.41) is 3.04. The summed E-state index contributed by atoms with van der Waals surface area (Å²) in [5.41, 5.74) is 2.18. The number of fused-ring (bicyclic) bond motifs is 1. The van der Waals surface area contributed by atoms with Crippen LogP contribution in [0.2, 0.25) is 0 Å². The van der Waals surface area contributed by atoms with Gasteiger partial charge in [0.25, 0.3) is 0 Å². The lowest BCUT2D eigenvalue weighted by Crippen LogP contribution is -2.46. The minimum atomic E-state index is -3.34. The monoisotopic (exact) mass is 396 g/mol. The Kier molecular flexibility index (Phi) is 5.70. The number of sulfonamides is 1. The van der Waals surface area contributed by atoms with Crippen LogP contribution in [-0.4, -0.2) is 30.9 Å². The summed E-state index contributed by atoms with van der Waals surface area (Å²) in [6, 6.07) is 6.07. The number of nitrogens with one attached hydrogen (secondary N) is 2. The topological polar surface area (TPSA) is 75.3 Å². The molecule has 1 amide bonds. The van der Waals surface area contributed by atoms with Crippen molar-refractivity contribution < 1.29 is 13.2 Å². The zero-order chi connectivity index (χ0) is 18.9.